The molecule has 0 saturated carbocycles. The summed E-state index contributed by atoms with van der Waals surface area (Å²) >= 11 is 5.15. The zero-order valence-electron chi connectivity index (χ0n) is 12.7. The maximum Gasteiger partial charge on any atom is 0.124 e. The molecule has 0 saturated heterocycles. The Morgan fingerprint density at radius 2 is 2.09 bits per heavy atom. The molecule has 0 radical (unpaired) electrons. The Kier molecular flexibility index (Phi) is 6.21. The normalized spacial score (nSPS) is 12.0. The van der Waals surface area contributed by atoms with Crippen molar-refractivity contribution < 1.29 is 4.74 Å². The minimum Gasteiger partial charge on any atom is -0.488 e. The molecule has 0 aliphatic rings. The van der Waals surface area contributed by atoms with Crippen molar-refractivity contribution in [2.45, 2.75) is 26.9 Å². The van der Waals surface area contributed by atoms with Gasteiger partial charge in [0.15, 0.2) is 0 Å². The van der Waals surface area contributed by atoms with Crippen molar-refractivity contribution in [1.29, 1.82) is 0 Å². The molecule has 2 aromatic rings. The molecule has 1 aromatic carbocycles. The van der Waals surface area contributed by atoms with Gasteiger partial charge in [-0.05, 0) is 38.1 Å². The number of thiazole rings is 1. The molecular weight excluding hydrogens is 360 g/mol. The van der Waals surface area contributed by atoms with Crippen molar-refractivity contribution in [3.8, 4) is 5.75 Å². The average molecular weight is 379 g/mol. The molecule has 0 spiro atoms. The summed E-state index contributed by atoms with van der Waals surface area (Å²) in [4.78, 5) is 5.75. The lowest BCUT2D eigenvalue weighted by Gasteiger charge is -2.04. The SMILES string of the molecule is C/C=C(Br)\C=C/Cc1nc(C)c(COc2ccc(N)cc2)s1. The molecule has 5 heteroatoms. The van der Waals surface area contributed by atoms with Crippen molar-refractivity contribution >= 4 is 33.0 Å². The number of aromatic nitrogens is 1. The predicted molar refractivity (Wildman–Crippen MR) is 97.6 cm³/mol. The molecule has 3 nitrogen and oxygen atoms in total. The zero-order valence-corrected chi connectivity index (χ0v) is 15.1. The van der Waals surface area contributed by atoms with Crippen molar-refractivity contribution in [2.24, 2.45) is 0 Å². The highest BCUT2D eigenvalue weighted by Crippen LogP contribution is 2.22. The second kappa shape index (κ2) is 8.15. The van der Waals surface area contributed by atoms with Crippen LogP contribution in [-0.4, -0.2) is 4.98 Å². The van der Waals surface area contributed by atoms with Crippen LogP contribution in [0.15, 0.2) is 47.0 Å². The van der Waals surface area contributed by atoms with E-state index < -0.39 is 0 Å². The van der Waals surface area contributed by atoms with Gasteiger partial charge in [-0.3, -0.25) is 0 Å². The summed E-state index contributed by atoms with van der Waals surface area (Å²) in [7, 11) is 0. The van der Waals surface area contributed by atoms with E-state index in [-0.39, 0.29) is 0 Å². The zero-order chi connectivity index (χ0) is 15.9. The van der Waals surface area contributed by atoms with E-state index in [2.05, 4.69) is 27.0 Å². The Hall–Kier alpha value is -1.59. The van der Waals surface area contributed by atoms with Gasteiger partial charge in [0.25, 0.3) is 0 Å². The number of nitrogens with two attached hydrogens (primary N) is 1. The van der Waals surface area contributed by atoms with Crippen LogP contribution in [0.4, 0.5) is 5.69 Å². The first-order chi connectivity index (χ1) is 10.6. The monoisotopic (exact) mass is 378 g/mol. The third kappa shape index (κ3) is 5.00. The van der Waals surface area contributed by atoms with E-state index in [9.17, 15) is 0 Å². The fraction of sp³-hybridized carbons (Fsp3) is 0.235. The Labute approximate surface area is 143 Å². The van der Waals surface area contributed by atoms with Crippen LogP contribution in [-0.2, 0) is 13.0 Å². The molecule has 1 heterocycles. The van der Waals surface area contributed by atoms with Gasteiger partial charge in [0.1, 0.15) is 12.4 Å². The van der Waals surface area contributed by atoms with Crippen molar-refractivity contribution in [1.82, 2.24) is 4.98 Å². The van der Waals surface area contributed by atoms with E-state index in [4.69, 9.17) is 10.5 Å². The summed E-state index contributed by atoms with van der Waals surface area (Å²) in [5, 5.41) is 1.10. The van der Waals surface area contributed by atoms with E-state index in [0.29, 0.717) is 6.61 Å². The molecular formula is C17H19BrN2OS. The van der Waals surface area contributed by atoms with Crippen LogP contribution in [0.5, 0.6) is 5.75 Å². The van der Waals surface area contributed by atoms with Gasteiger partial charge in [-0.15, -0.1) is 11.3 Å². The molecule has 0 fully saturated rings. The number of hydrogen-bond donors (Lipinski definition) is 1. The van der Waals surface area contributed by atoms with Crippen LogP contribution < -0.4 is 10.5 Å². The number of benzene rings is 1. The number of ether oxygens (including phenoxy) is 1. The van der Waals surface area contributed by atoms with E-state index in [0.717, 1.165) is 37.9 Å². The van der Waals surface area contributed by atoms with Crippen molar-refractivity contribution in [3.05, 3.63) is 62.6 Å². The number of nitrogen functional groups attached to an aromatic ring is 1. The second-order valence-electron chi connectivity index (χ2n) is 4.75. The lowest BCUT2D eigenvalue weighted by molar-refractivity contribution is 0.309. The molecule has 0 aliphatic carbocycles. The summed E-state index contributed by atoms with van der Waals surface area (Å²) in [6.07, 6.45) is 6.99. The quantitative estimate of drug-likeness (QED) is 0.567. The van der Waals surface area contributed by atoms with Gasteiger partial charge < -0.3 is 10.5 Å². The fourth-order valence-corrected chi connectivity index (χ4v) is 2.94. The van der Waals surface area contributed by atoms with Gasteiger partial charge in [-0.25, -0.2) is 4.98 Å². The highest BCUT2D eigenvalue weighted by Gasteiger charge is 2.07. The summed E-state index contributed by atoms with van der Waals surface area (Å²) in [6.45, 7) is 4.55. The van der Waals surface area contributed by atoms with Gasteiger partial charge in [0.05, 0.1) is 15.6 Å². The maximum atomic E-state index is 5.78. The number of allylic oxidation sites excluding steroid dienone is 4. The number of rotatable bonds is 6. The summed E-state index contributed by atoms with van der Waals surface area (Å²) in [6, 6.07) is 7.43. The standard InChI is InChI=1S/C17H19BrN2OS/c1-3-13(18)5-4-6-17-20-12(2)16(22-17)11-21-15-9-7-14(19)8-10-15/h3-5,7-10H,6,11,19H2,1-2H3/b5-4-,13-3+. The molecule has 0 aliphatic heterocycles. The highest BCUT2D eigenvalue weighted by atomic mass is 79.9. The smallest absolute Gasteiger partial charge is 0.124 e. The topological polar surface area (TPSA) is 48.1 Å². The molecule has 2 rings (SSSR count). The Morgan fingerprint density at radius 3 is 2.77 bits per heavy atom. The largest absolute Gasteiger partial charge is 0.488 e. The number of aryl methyl sites for hydroxylation is 1. The van der Waals surface area contributed by atoms with Gasteiger partial charge in [0.2, 0.25) is 0 Å². The highest BCUT2D eigenvalue weighted by molar-refractivity contribution is 9.11. The van der Waals surface area contributed by atoms with E-state index in [1.165, 1.54) is 0 Å². The molecule has 1 aromatic heterocycles. The van der Waals surface area contributed by atoms with Crippen molar-refractivity contribution in [2.75, 3.05) is 5.73 Å². The summed E-state index contributed by atoms with van der Waals surface area (Å²) < 4.78 is 6.86. The molecule has 0 amide bonds. The van der Waals surface area contributed by atoms with Gasteiger partial charge in [0, 0.05) is 16.6 Å². The van der Waals surface area contributed by atoms with Crippen LogP contribution in [0.1, 0.15) is 22.5 Å². The van der Waals surface area contributed by atoms with Crippen LogP contribution in [0, 0.1) is 6.92 Å². The number of hydrogen-bond acceptors (Lipinski definition) is 4. The third-order valence-corrected chi connectivity index (χ3v) is 4.91. The first kappa shape index (κ1) is 16.8. The molecule has 22 heavy (non-hydrogen) atoms. The van der Waals surface area contributed by atoms with Gasteiger partial charge in [-0.2, -0.15) is 0 Å². The lowest BCUT2D eigenvalue weighted by Crippen LogP contribution is -1.95. The third-order valence-electron chi connectivity index (χ3n) is 3.03. The van der Waals surface area contributed by atoms with Crippen LogP contribution in [0.2, 0.25) is 0 Å². The predicted octanol–water partition coefficient (Wildman–Crippen LogP) is 5.01. The second-order valence-corrected chi connectivity index (χ2v) is 6.84. The first-order valence-corrected chi connectivity index (χ1v) is 8.61. The molecule has 0 bridgehead atoms. The summed E-state index contributed by atoms with van der Waals surface area (Å²) in [5.41, 5.74) is 7.44. The number of nitrogens with zero attached hydrogens (tertiary/aromatic N) is 1. The average Bonchev–Trinajstić information content (AvgIpc) is 2.86. The van der Waals surface area contributed by atoms with Crippen LogP contribution in [0.25, 0.3) is 0 Å². The van der Waals surface area contributed by atoms with Gasteiger partial charge in [-0.1, -0.05) is 34.2 Å². The van der Waals surface area contributed by atoms with E-state index in [1.54, 1.807) is 11.3 Å². The fourth-order valence-electron chi connectivity index (χ4n) is 1.79. The Bertz CT molecular complexity index is 674. The lowest BCUT2D eigenvalue weighted by atomic mass is 10.3. The Morgan fingerprint density at radius 1 is 1.36 bits per heavy atom. The van der Waals surface area contributed by atoms with Gasteiger partial charge >= 0.3 is 0 Å². The molecule has 116 valence electrons. The number of halogens is 1. The minimum atomic E-state index is 0.537. The maximum absolute atomic E-state index is 5.78. The van der Waals surface area contributed by atoms with Crippen LogP contribution in [0.3, 0.4) is 0 Å². The van der Waals surface area contributed by atoms with E-state index in [1.807, 2.05) is 50.3 Å². The minimum absolute atomic E-state index is 0.537. The number of anilines is 1. The molecule has 0 atom stereocenters. The van der Waals surface area contributed by atoms with Crippen LogP contribution >= 0.6 is 27.3 Å². The first-order valence-electron chi connectivity index (χ1n) is 7.00. The molecule has 0 unspecified atom stereocenters. The van der Waals surface area contributed by atoms with Crippen molar-refractivity contribution in [3.63, 3.8) is 0 Å². The summed E-state index contributed by atoms with van der Waals surface area (Å²) in [5.74, 6) is 0.820. The Balaban J connectivity index is 1.95. The molecule has 2 N–H and O–H groups in total. The van der Waals surface area contributed by atoms with E-state index >= 15 is 0 Å².